The number of carbonyl (C=O) groups is 2. The molecule has 1 unspecified atom stereocenters. The van der Waals surface area contributed by atoms with Gasteiger partial charge in [0.2, 0.25) is 5.43 Å². The van der Waals surface area contributed by atoms with Gasteiger partial charge in [-0.3, -0.25) is 19.3 Å². The van der Waals surface area contributed by atoms with Crippen LogP contribution in [0.1, 0.15) is 59.0 Å². The number of aromatic nitrogens is 1. The van der Waals surface area contributed by atoms with E-state index < -0.39 is 17.1 Å². The number of nitrogens with one attached hydrogen (secondary N) is 1. The standard InChI is InChI=1S/C24H27FN4O4/c1-14-9-10-28(17-3-2-4-17)19-13-27-12-18(21(30)22(31)20(27)24(33)29(14)19)23(32)26-11-15-5-7-16(25)8-6-15/h5-8,12,14,17,19,31H,2-4,9-11,13H2,1H3,(H,26,32)/t14?,19-/m0/s1. The van der Waals surface area contributed by atoms with Crippen LogP contribution in [0.25, 0.3) is 0 Å². The number of pyridine rings is 1. The normalized spacial score (nSPS) is 23.0. The second-order valence-corrected chi connectivity index (χ2v) is 9.18. The predicted molar refractivity (Wildman–Crippen MR) is 118 cm³/mol. The zero-order chi connectivity index (χ0) is 23.3. The first-order valence-electron chi connectivity index (χ1n) is 11.4. The summed E-state index contributed by atoms with van der Waals surface area (Å²) in [5.74, 6) is -2.11. The van der Waals surface area contributed by atoms with Crippen molar-refractivity contribution in [1.82, 2.24) is 19.7 Å². The Bertz CT molecular complexity index is 1160. The fourth-order valence-corrected chi connectivity index (χ4v) is 5.11. The highest BCUT2D eigenvalue weighted by Crippen LogP contribution is 2.36. The third kappa shape index (κ3) is 3.70. The van der Waals surface area contributed by atoms with Gasteiger partial charge in [0, 0.05) is 31.4 Å². The maximum Gasteiger partial charge on any atom is 0.276 e. The quantitative estimate of drug-likeness (QED) is 0.738. The van der Waals surface area contributed by atoms with E-state index in [2.05, 4.69) is 10.2 Å². The van der Waals surface area contributed by atoms with E-state index in [0.717, 1.165) is 25.8 Å². The molecular formula is C24H27FN4O4. The van der Waals surface area contributed by atoms with E-state index in [9.17, 15) is 23.9 Å². The highest BCUT2D eigenvalue weighted by atomic mass is 19.1. The van der Waals surface area contributed by atoms with Gasteiger partial charge >= 0.3 is 0 Å². The van der Waals surface area contributed by atoms with E-state index in [1.807, 2.05) is 6.92 Å². The van der Waals surface area contributed by atoms with Gasteiger partial charge in [-0.1, -0.05) is 18.6 Å². The topological polar surface area (TPSA) is 94.9 Å². The Labute approximate surface area is 190 Å². The second kappa shape index (κ2) is 8.30. The van der Waals surface area contributed by atoms with E-state index in [1.54, 1.807) is 21.6 Å². The largest absolute Gasteiger partial charge is 0.503 e. The Balaban J connectivity index is 1.45. The molecule has 5 rings (SSSR count). The molecule has 174 valence electrons. The van der Waals surface area contributed by atoms with Crippen molar-refractivity contribution in [2.24, 2.45) is 0 Å². The van der Waals surface area contributed by atoms with Gasteiger partial charge in [0.15, 0.2) is 11.4 Å². The van der Waals surface area contributed by atoms with Crippen LogP contribution in [0.4, 0.5) is 4.39 Å². The van der Waals surface area contributed by atoms with Crippen molar-refractivity contribution < 1.29 is 19.1 Å². The molecule has 1 saturated heterocycles. The van der Waals surface area contributed by atoms with Gasteiger partial charge in [-0.15, -0.1) is 0 Å². The van der Waals surface area contributed by atoms with E-state index in [4.69, 9.17) is 0 Å². The van der Waals surface area contributed by atoms with Gasteiger partial charge in [0.1, 0.15) is 17.5 Å². The molecular weight excluding hydrogens is 427 g/mol. The van der Waals surface area contributed by atoms with E-state index >= 15 is 0 Å². The summed E-state index contributed by atoms with van der Waals surface area (Å²) in [6.45, 7) is 3.37. The van der Waals surface area contributed by atoms with Gasteiger partial charge in [0.05, 0.1) is 6.54 Å². The molecule has 2 aromatic rings. The molecule has 8 nitrogen and oxygen atoms in total. The van der Waals surface area contributed by atoms with Gasteiger partial charge in [-0.05, 0) is 43.9 Å². The highest BCUT2D eigenvalue weighted by Gasteiger charge is 2.46. The molecule has 2 aliphatic heterocycles. The van der Waals surface area contributed by atoms with Gasteiger partial charge in [-0.25, -0.2) is 4.39 Å². The fourth-order valence-electron chi connectivity index (χ4n) is 5.11. The van der Waals surface area contributed by atoms with E-state index in [1.165, 1.54) is 24.8 Å². The Morgan fingerprint density at radius 2 is 1.91 bits per heavy atom. The molecule has 1 aliphatic carbocycles. The van der Waals surface area contributed by atoms with E-state index in [-0.39, 0.29) is 41.7 Å². The molecule has 3 heterocycles. The van der Waals surface area contributed by atoms with Crippen molar-refractivity contribution in [3.05, 3.63) is 63.3 Å². The van der Waals surface area contributed by atoms with Crippen LogP contribution in [0.3, 0.4) is 0 Å². The van der Waals surface area contributed by atoms with Crippen LogP contribution in [-0.2, 0) is 13.1 Å². The molecule has 9 heteroatoms. The molecule has 0 spiro atoms. The predicted octanol–water partition coefficient (Wildman–Crippen LogP) is 2.05. The van der Waals surface area contributed by atoms with Gasteiger partial charge < -0.3 is 19.9 Å². The number of hydrogen-bond acceptors (Lipinski definition) is 5. The minimum absolute atomic E-state index is 0.000706. The molecule has 2 amide bonds. The third-order valence-corrected chi connectivity index (χ3v) is 7.19. The summed E-state index contributed by atoms with van der Waals surface area (Å²) in [5.41, 5.74) is -0.484. The summed E-state index contributed by atoms with van der Waals surface area (Å²) in [6.07, 6.45) is 5.44. The molecule has 1 aromatic carbocycles. The summed E-state index contributed by atoms with van der Waals surface area (Å²) in [7, 11) is 0. The summed E-state index contributed by atoms with van der Waals surface area (Å²) in [6, 6.07) is 6.10. The summed E-state index contributed by atoms with van der Waals surface area (Å²) >= 11 is 0. The minimum Gasteiger partial charge on any atom is -0.503 e. The Hall–Kier alpha value is -3.20. The first kappa shape index (κ1) is 21.6. The van der Waals surface area contributed by atoms with Crippen LogP contribution >= 0.6 is 0 Å². The maximum atomic E-state index is 13.4. The van der Waals surface area contributed by atoms with Crippen molar-refractivity contribution in [3.63, 3.8) is 0 Å². The molecule has 0 radical (unpaired) electrons. The third-order valence-electron chi connectivity index (χ3n) is 7.19. The first-order chi connectivity index (χ1) is 15.8. The Kier molecular flexibility index (Phi) is 5.44. The average Bonchev–Trinajstić information content (AvgIpc) is 2.76. The number of aromatic hydroxyl groups is 1. The average molecular weight is 455 g/mol. The zero-order valence-corrected chi connectivity index (χ0v) is 18.5. The molecule has 2 atom stereocenters. The fraction of sp³-hybridized carbons (Fsp3) is 0.458. The summed E-state index contributed by atoms with van der Waals surface area (Å²) in [4.78, 5) is 43.1. The molecule has 3 aliphatic rings. The zero-order valence-electron chi connectivity index (χ0n) is 18.5. The maximum absolute atomic E-state index is 13.4. The van der Waals surface area contributed by atoms with Crippen LogP contribution < -0.4 is 10.7 Å². The van der Waals surface area contributed by atoms with Crippen LogP contribution in [0.5, 0.6) is 5.75 Å². The lowest BCUT2D eigenvalue weighted by Crippen LogP contribution is -2.66. The van der Waals surface area contributed by atoms with Crippen molar-refractivity contribution in [2.45, 2.75) is 63.9 Å². The van der Waals surface area contributed by atoms with Crippen LogP contribution in [0.15, 0.2) is 35.3 Å². The van der Waals surface area contributed by atoms with Gasteiger partial charge in [0.25, 0.3) is 11.8 Å². The van der Waals surface area contributed by atoms with Crippen LogP contribution in [0.2, 0.25) is 0 Å². The van der Waals surface area contributed by atoms with Crippen molar-refractivity contribution >= 4 is 11.8 Å². The van der Waals surface area contributed by atoms with Gasteiger partial charge in [-0.2, -0.15) is 0 Å². The number of halogens is 1. The van der Waals surface area contributed by atoms with Crippen LogP contribution in [-0.4, -0.2) is 56.1 Å². The van der Waals surface area contributed by atoms with Crippen molar-refractivity contribution in [1.29, 1.82) is 0 Å². The van der Waals surface area contributed by atoms with Crippen LogP contribution in [0, 0.1) is 5.82 Å². The lowest BCUT2D eigenvalue weighted by atomic mass is 9.89. The number of benzene rings is 1. The highest BCUT2D eigenvalue weighted by molar-refractivity contribution is 5.99. The first-order valence-corrected chi connectivity index (χ1v) is 11.4. The Morgan fingerprint density at radius 1 is 1.18 bits per heavy atom. The monoisotopic (exact) mass is 454 g/mol. The van der Waals surface area contributed by atoms with Crippen molar-refractivity contribution in [3.8, 4) is 5.75 Å². The molecule has 2 fully saturated rings. The number of nitrogens with zero attached hydrogens (tertiary/aromatic N) is 3. The number of rotatable bonds is 4. The molecule has 2 N–H and O–H groups in total. The number of carbonyl (C=O) groups excluding carboxylic acids is 2. The number of amides is 2. The number of fused-ring (bicyclic) bond motifs is 2. The summed E-state index contributed by atoms with van der Waals surface area (Å²) in [5, 5.41) is 13.3. The molecule has 1 saturated carbocycles. The molecule has 0 bridgehead atoms. The SMILES string of the molecule is CC1CCN(C2CCC2)[C@@H]2Cn3cc(C(=O)NCc4ccc(F)cc4)c(=O)c(O)c3C(=O)N12. The lowest BCUT2D eigenvalue weighted by molar-refractivity contribution is -0.0661. The Morgan fingerprint density at radius 3 is 2.58 bits per heavy atom. The smallest absolute Gasteiger partial charge is 0.276 e. The van der Waals surface area contributed by atoms with Crippen molar-refractivity contribution in [2.75, 3.05) is 6.54 Å². The minimum atomic E-state index is -0.870. The summed E-state index contributed by atoms with van der Waals surface area (Å²) < 4.78 is 14.6. The lowest BCUT2D eigenvalue weighted by Gasteiger charge is -2.54. The number of hydrogen-bond donors (Lipinski definition) is 2. The second-order valence-electron chi connectivity index (χ2n) is 9.18. The molecule has 33 heavy (non-hydrogen) atoms. The molecule has 1 aromatic heterocycles. The van der Waals surface area contributed by atoms with E-state index in [0.29, 0.717) is 18.2 Å².